The number of carbonyl (C=O) groups excluding carboxylic acids is 1. The summed E-state index contributed by atoms with van der Waals surface area (Å²) in [6.07, 6.45) is 1.29. The molecule has 11 heteroatoms. The Kier molecular flexibility index (Phi) is 9.31. The summed E-state index contributed by atoms with van der Waals surface area (Å²) in [7, 11) is 1.15. The summed E-state index contributed by atoms with van der Waals surface area (Å²) < 4.78 is 45.6. The molecule has 2 heterocycles. The lowest BCUT2D eigenvalue weighted by Gasteiger charge is -2.42. The van der Waals surface area contributed by atoms with Gasteiger partial charge in [-0.15, -0.1) is 0 Å². The third-order valence-corrected chi connectivity index (χ3v) is 10.2. The van der Waals surface area contributed by atoms with Crippen LogP contribution in [0.15, 0.2) is 41.3 Å². The van der Waals surface area contributed by atoms with Gasteiger partial charge in [0, 0.05) is 62.2 Å². The van der Waals surface area contributed by atoms with Crippen molar-refractivity contribution in [3.05, 3.63) is 47.0 Å². The van der Waals surface area contributed by atoms with Crippen molar-refractivity contribution in [2.75, 3.05) is 67.1 Å². The second kappa shape index (κ2) is 12.3. The number of nitrogens with zero attached hydrogens (tertiary/aromatic N) is 3. The van der Waals surface area contributed by atoms with E-state index in [0.717, 1.165) is 18.7 Å². The summed E-state index contributed by atoms with van der Waals surface area (Å²) in [4.78, 5) is 17.6. The van der Waals surface area contributed by atoms with Gasteiger partial charge in [-0.2, -0.15) is 4.31 Å². The minimum absolute atomic E-state index is 0.0678. The van der Waals surface area contributed by atoms with Crippen LogP contribution in [0.5, 0.6) is 17.2 Å². The number of ether oxygens (including phenoxy) is 3. The monoisotopic (exact) mass is 579 g/mol. The van der Waals surface area contributed by atoms with Gasteiger partial charge in [0.2, 0.25) is 15.9 Å². The second-order valence-corrected chi connectivity index (χ2v) is 12.8. The first-order valence-corrected chi connectivity index (χ1v) is 15.0. The normalized spacial score (nSPS) is 18.5. The minimum atomic E-state index is -3.85. The van der Waals surface area contributed by atoms with Crippen LogP contribution in [0, 0.1) is 12.3 Å². The molecule has 39 heavy (non-hydrogen) atoms. The molecule has 0 saturated carbocycles. The molecular weight excluding hydrogens is 542 g/mol. The fourth-order valence-corrected chi connectivity index (χ4v) is 6.86. The molecule has 0 spiro atoms. The van der Waals surface area contributed by atoms with Gasteiger partial charge in [-0.05, 0) is 62.7 Å². The van der Waals surface area contributed by atoms with Crippen LogP contribution in [-0.2, 0) is 14.8 Å². The summed E-state index contributed by atoms with van der Waals surface area (Å²) in [5.74, 6) is 1.47. The third-order valence-electron chi connectivity index (χ3n) is 7.83. The van der Waals surface area contributed by atoms with Gasteiger partial charge in [-0.3, -0.25) is 4.79 Å². The van der Waals surface area contributed by atoms with E-state index in [0.29, 0.717) is 55.5 Å². The van der Waals surface area contributed by atoms with Gasteiger partial charge >= 0.3 is 0 Å². The summed E-state index contributed by atoms with van der Waals surface area (Å²) in [6.45, 7) is 5.82. The molecule has 9 nitrogen and oxygen atoms in total. The van der Waals surface area contributed by atoms with Crippen molar-refractivity contribution < 1.29 is 27.4 Å². The molecule has 0 N–H and O–H groups in total. The highest BCUT2D eigenvalue weighted by molar-refractivity contribution is 7.89. The van der Waals surface area contributed by atoms with Crippen molar-refractivity contribution in [1.82, 2.24) is 14.1 Å². The standard InChI is InChI=1S/C28H38ClN3O6S/c1-21-17-23(5-7-24(21)29)38-20-28(19-27(33)31-15-13-30(2)14-16-31)9-11-32(12-10-28)39(34,35)26-18-22(36-3)6-8-25(26)37-4/h5-8,17-18H,9-16,19-20H2,1-4H3. The quantitative estimate of drug-likeness (QED) is 0.448. The number of aryl methyl sites for hydroxylation is 1. The number of rotatable bonds is 9. The maximum absolute atomic E-state index is 13.7. The Hall–Kier alpha value is -2.53. The van der Waals surface area contributed by atoms with Crippen molar-refractivity contribution in [3.63, 3.8) is 0 Å². The molecule has 4 rings (SSSR count). The Morgan fingerprint density at radius 1 is 0.949 bits per heavy atom. The Bertz CT molecular complexity index is 1270. The highest BCUT2D eigenvalue weighted by Crippen LogP contribution is 2.40. The van der Waals surface area contributed by atoms with E-state index in [1.165, 1.54) is 24.6 Å². The summed E-state index contributed by atoms with van der Waals surface area (Å²) in [5.41, 5.74) is 0.406. The van der Waals surface area contributed by atoms with Crippen LogP contribution in [0.4, 0.5) is 0 Å². The number of sulfonamides is 1. The van der Waals surface area contributed by atoms with E-state index in [9.17, 15) is 13.2 Å². The molecule has 2 aromatic rings. The number of halogens is 1. The van der Waals surface area contributed by atoms with Gasteiger partial charge in [0.15, 0.2) is 0 Å². The van der Waals surface area contributed by atoms with Crippen molar-refractivity contribution in [2.45, 2.75) is 31.1 Å². The molecule has 0 unspecified atom stereocenters. The first-order chi connectivity index (χ1) is 18.6. The van der Waals surface area contributed by atoms with Crippen LogP contribution in [-0.4, -0.2) is 95.6 Å². The number of benzene rings is 2. The lowest BCUT2D eigenvalue weighted by Crippen LogP contribution is -2.51. The second-order valence-electron chi connectivity index (χ2n) is 10.5. The number of piperazine rings is 1. The molecule has 1 amide bonds. The molecule has 214 valence electrons. The molecule has 0 radical (unpaired) electrons. The summed E-state index contributed by atoms with van der Waals surface area (Å²) in [5, 5.41) is 0.661. The molecule has 2 aliphatic rings. The zero-order valence-electron chi connectivity index (χ0n) is 23.1. The van der Waals surface area contributed by atoms with Gasteiger partial charge in [-0.25, -0.2) is 8.42 Å². The van der Waals surface area contributed by atoms with Crippen LogP contribution in [0.3, 0.4) is 0 Å². The number of hydrogen-bond donors (Lipinski definition) is 0. The fraction of sp³-hybridized carbons (Fsp3) is 0.536. The van der Waals surface area contributed by atoms with Crippen LogP contribution in [0.1, 0.15) is 24.8 Å². The number of carbonyl (C=O) groups is 1. The van der Waals surface area contributed by atoms with E-state index < -0.39 is 15.4 Å². The highest BCUT2D eigenvalue weighted by Gasteiger charge is 2.42. The SMILES string of the molecule is COc1ccc(OC)c(S(=O)(=O)N2CCC(COc3ccc(Cl)c(C)c3)(CC(=O)N3CCN(C)CC3)CC2)c1. The summed E-state index contributed by atoms with van der Waals surface area (Å²) in [6, 6.07) is 10.2. The van der Waals surface area contributed by atoms with E-state index in [4.69, 9.17) is 25.8 Å². The van der Waals surface area contributed by atoms with Crippen LogP contribution < -0.4 is 14.2 Å². The molecule has 2 aromatic carbocycles. The Morgan fingerprint density at radius 2 is 1.62 bits per heavy atom. The molecule has 2 saturated heterocycles. The largest absolute Gasteiger partial charge is 0.497 e. The van der Waals surface area contributed by atoms with Gasteiger partial charge in [0.05, 0.1) is 20.8 Å². The van der Waals surface area contributed by atoms with E-state index in [1.807, 2.05) is 24.0 Å². The number of methoxy groups -OCH3 is 2. The van der Waals surface area contributed by atoms with Crippen molar-refractivity contribution >= 4 is 27.5 Å². The minimum Gasteiger partial charge on any atom is -0.497 e. The van der Waals surface area contributed by atoms with E-state index in [2.05, 4.69) is 11.9 Å². The third kappa shape index (κ3) is 6.80. The first kappa shape index (κ1) is 29.5. The zero-order valence-corrected chi connectivity index (χ0v) is 24.7. The van der Waals surface area contributed by atoms with E-state index in [1.54, 1.807) is 18.2 Å². The van der Waals surface area contributed by atoms with Crippen molar-refractivity contribution in [2.24, 2.45) is 5.41 Å². The van der Waals surface area contributed by atoms with Crippen LogP contribution >= 0.6 is 11.6 Å². The van der Waals surface area contributed by atoms with E-state index in [-0.39, 0.29) is 29.6 Å². The topological polar surface area (TPSA) is 88.6 Å². The predicted molar refractivity (Wildman–Crippen MR) is 150 cm³/mol. The van der Waals surface area contributed by atoms with Crippen LogP contribution in [0.25, 0.3) is 0 Å². The number of amides is 1. The number of likely N-dealkylation sites (N-methyl/N-ethyl adjacent to an activating group) is 1. The average Bonchev–Trinajstić information content (AvgIpc) is 2.94. The molecule has 0 aliphatic carbocycles. The number of hydrogen-bond acceptors (Lipinski definition) is 7. The molecule has 2 fully saturated rings. The van der Waals surface area contributed by atoms with Crippen molar-refractivity contribution in [1.29, 1.82) is 0 Å². The van der Waals surface area contributed by atoms with Gasteiger partial charge in [-0.1, -0.05) is 11.6 Å². The fourth-order valence-electron chi connectivity index (χ4n) is 5.13. The van der Waals surface area contributed by atoms with Gasteiger partial charge < -0.3 is 24.0 Å². The molecule has 0 bridgehead atoms. The summed E-state index contributed by atoms with van der Waals surface area (Å²) >= 11 is 6.18. The molecule has 2 aliphatic heterocycles. The van der Waals surface area contributed by atoms with Crippen LogP contribution in [0.2, 0.25) is 5.02 Å². The van der Waals surface area contributed by atoms with Gasteiger partial charge in [0.1, 0.15) is 22.1 Å². The first-order valence-electron chi connectivity index (χ1n) is 13.1. The van der Waals surface area contributed by atoms with E-state index >= 15 is 0 Å². The Balaban J connectivity index is 1.53. The average molecular weight is 580 g/mol. The maximum atomic E-state index is 13.7. The molecule has 0 aromatic heterocycles. The lowest BCUT2D eigenvalue weighted by molar-refractivity contribution is -0.136. The molecule has 0 atom stereocenters. The van der Waals surface area contributed by atoms with Gasteiger partial charge in [0.25, 0.3) is 0 Å². The predicted octanol–water partition coefficient (Wildman–Crippen LogP) is 3.68. The lowest BCUT2D eigenvalue weighted by atomic mass is 9.76. The van der Waals surface area contributed by atoms with Crippen molar-refractivity contribution in [3.8, 4) is 17.2 Å². The highest BCUT2D eigenvalue weighted by atomic mass is 35.5. The number of piperidine rings is 1. The maximum Gasteiger partial charge on any atom is 0.246 e. The molecular formula is C28H38ClN3O6S. The zero-order chi connectivity index (χ0) is 28.2. The Labute approximate surface area is 236 Å². The smallest absolute Gasteiger partial charge is 0.246 e. The Morgan fingerprint density at radius 3 is 2.23 bits per heavy atom.